The lowest BCUT2D eigenvalue weighted by molar-refractivity contribution is -0.118. The van der Waals surface area contributed by atoms with Crippen LogP contribution in [0.25, 0.3) is 0 Å². The van der Waals surface area contributed by atoms with Crippen LogP contribution in [0.2, 0.25) is 0 Å². The van der Waals surface area contributed by atoms with Crippen LogP contribution < -0.4 is 5.32 Å². The van der Waals surface area contributed by atoms with E-state index in [4.69, 9.17) is 0 Å². The zero-order valence-electron chi connectivity index (χ0n) is 7.92. The molecule has 0 aliphatic heterocycles. The quantitative estimate of drug-likeness (QED) is 0.557. The van der Waals surface area contributed by atoms with E-state index >= 15 is 0 Å². The fourth-order valence-electron chi connectivity index (χ4n) is 1.32. The molecular formula is C9H15NO3. The molecule has 1 aliphatic carbocycles. The third kappa shape index (κ3) is 2.73. The fourth-order valence-corrected chi connectivity index (χ4v) is 1.32. The Morgan fingerprint density at radius 1 is 1.38 bits per heavy atom. The number of carbonyl (C=O) groups excluding carboxylic acids is 1. The van der Waals surface area contributed by atoms with Crippen LogP contribution in [0.5, 0.6) is 0 Å². The molecule has 0 bridgehead atoms. The number of aliphatic hydroxyl groups is 2. The van der Waals surface area contributed by atoms with E-state index in [1.807, 2.05) is 0 Å². The number of hydrogen-bond donors (Lipinski definition) is 3. The lowest BCUT2D eigenvalue weighted by Gasteiger charge is -2.25. The Balaban J connectivity index is 2.78. The van der Waals surface area contributed by atoms with Crippen molar-refractivity contribution in [1.82, 2.24) is 5.32 Å². The van der Waals surface area contributed by atoms with Gasteiger partial charge in [0.25, 0.3) is 0 Å². The molecular weight excluding hydrogens is 170 g/mol. The molecule has 0 heterocycles. The number of Topliss-reactive ketones (excluding diaryl/α,β-unsaturated/α-hetero) is 1. The Kier molecular flexibility index (Phi) is 2.61. The highest BCUT2D eigenvalue weighted by molar-refractivity contribution is 5.94. The minimum absolute atomic E-state index is 0.228. The molecule has 0 spiro atoms. The number of nitrogens with one attached hydrogen (secondary N) is 1. The molecule has 0 saturated heterocycles. The highest BCUT2D eigenvalue weighted by atomic mass is 16.3. The Labute approximate surface area is 77.3 Å². The summed E-state index contributed by atoms with van der Waals surface area (Å²) in [6, 6.07) is 0. The molecule has 0 aromatic heterocycles. The first-order chi connectivity index (χ1) is 5.90. The summed E-state index contributed by atoms with van der Waals surface area (Å²) >= 11 is 0. The van der Waals surface area contributed by atoms with Gasteiger partial charge < -0.3 is 15.5 Å². The third-order valence-corrected chi connectivity index (χ3v) is 1.84. The minimum atomic E-state index is -1.10. The summed E-state index contributed by atoms with van der Waals surface area (Å²) in [5, 5.41) is 21.5. The minimum Gasteiger partial charge on any atom is -0.503 e. The van der Waals surface area contributed by atoms with Gasteiger partial charge in [-0.2, -0.15) is 0 Å². The summed E-state index contributed by atoms with van der Waals surface area (Å²) in [5.74, 6) is -0.480. The molecule has 1 rings (SSSR count). The number of carbonyl (C=O) groups is 1. The second-order valence-electron chi connectivity index (χ2n) is 3.79. The Bertz CT molecular complexity index is 250. The number of hydrogen-bond acceptors (Lipinski definition) is 4. The molecule has 1 aliphatic rings. The average Bonchev–Trinajstić information content (AvgIpc) is 1.96. The van der Waals surface area contributed by atoms with Crippen LogP contribution in [-0.2, 0) is 4.79 Å². The number of allylic oxidation sites excluding steroid dienone is 2. The van der Waals surface area contributed by atoms with E-state index in [1.54, 1.807) is 13.8 Å². The summed E-state index contributed by atoms with van der Waals surface area (Å²) in [7, 11) is 0. The molecule has 0 amide bonds. The Morgan fingerprint density at radius 3 is 2.54 bits per heavy atom. The van der Waals surface area contributed by atoms with Crippen molar-refractivity contribution >= 4 is 5.78 Å². The van der Waals surface area contributed by atoms with Crippen molar-refractivity contribution in [2.45, 2.75) is 38.8 Å². The van der Waals surface area contributed by atoms with Crippen LogP contribution in [0.4, 0.5) is 0 Å². The van der Waals surface area contributed by atoms with E-state index in [0.29, 0.717) is 18.5 Å². The summed E-state index contributed by atoms with van der Waals surface area (Å²) in [5.41, 5.74) is -0.648. The molecule has 4 nitrogen and oxygen atoms in total. The van der Waals surface area contributed by atoms with Crippen molar-refractivity contribution in [3.05, 3.63) is 11.5 Å². The van der Waals surface area contributed by atoms with Crippen LogP contribution in [0.15, 0.2) is 11.5 Å². The van der Waals surface area contributed by atoms with Crippen molar-refractivity contribution < 1.29 is 15.0 Å². The van der Waals surface area contributed by atoms with E-state index < -0.39 is 5.72 Å². The van der Waals surface area contributed by atoms with Crippen LogP contribution in [-0.4, -0.2) is 21.7 Å². The zero-order valence-corrected chi connectivity index (χ0v) is 7.92. The number of aliphatic hydroxyl groups excluding tert-OH is 1. The first kappa shape index (κ1) is 10.1. The molecule has 0 aromatic rings. The van der Waals surface area contributed by atoms with Gasteiger partial charge in [-0.25, -0.2) is 0 Å². The van der Waals surface area contributed by atoms with Gasteiger partial charge in [0.1, 0.15) is 5.72 Å². The van der Waals surface area contributed by atoms with E-state index in [9.17, 15) is 15.0 Å². The van der Waals surface area contributed by atoms with E-state index in [0.717, 1.165) is 6.42 Å². The number of ketones is 1. The van der Waals surface area contributed by atoms with Gasteiger partial charge in [0.05, 0.1) is 5.70 Å². The Hall–Kier alpha value is -1.03. The zero-order chi connectivity index (χ0) is 10.1. The lowest BCUT2D eigenvalue weighted by atomic mass is 10.0. The maximum Gasteiger partial charge on any atom is 0.198 e. The topological polar surface area (TPSA) is 69.6 Å². The SMILES string of the molecule is CC(C)(O)NC1=C(O)C(=O)CCC1. The smallest absolute Gasteiger partial charge is 0.198 e. The van der Waals surface area contributed by atoms with Crippen molar-refractivity contribution in [3.8, 4) is 0 Å². The molecule has 0 radical (unpaired) electrons. The Morgan fingerprint density at radius 2 is 2.00 bits per heavy atom. The maximum atomic E-state index is 11.1. The predicted molar refractivity (Wildman–Crippen MR) is 47.9 cm³/mol. The second-order valence-corrected chi connectivity index (χ2v) is 3.79. The van der Waals surface area contributed by atoms with Gasteiger partial charge >= 0.3 is 0 Å². The molecule has 4 heteroatoms. The average molecular weight is 185 g/mol. The standard InChI is InChI=1S/C9H15NO3/c1-9(2,13)10-6-4-3-5-7(11)8(6)12/h10,12-13H,3-5H2,1-2H3. The van der Waals surface area contributed by atoms with Crippen LogP contribution in [0.1, 0.15) is 33.1 Å². The van der Waals surface area contributed by atoms with Crippen molar-refractivity contribution in [1.29, 1.82) is 0 Å². The summed E-state index contributed by atoms with van der Waals surface area (Å²) < 4.78 is 0. The van der Waals surface area contributed by atoms with Crippen LogP contribution in [0, 0.1) is 0 Å². The second kappa shape index (κ2) is 3.38. The monoisotopic (exact) mass is 185 g/mol. The van der Waals surface area contributed by atoms with Gasteiger partial charge in [-0.1, -0.05) is 0 Å². The largest absolute Gasteiger partial charge is 0.503 e. The van der Waals surface area contributed by atoms with Gasteiger partial charge in [0, 0.05) is 6.42 Å². The number of rotatable bonds is 2. The predicted octanol–water partition coefficient (Wildman–Crippen LogP) is 0.827. The molecule has 13 heavy (non-hydrogen) atoms. The van der Waals surface area contributed by atoms with Gasteiger partial charge in [-0.3, -0.25) is 4.79 Å². The molecule has 0 unspecified atom stereocenters. The molecule has 3 N–H and O–H groups in total. The van der Waals surface area contributed by atoms with Crippen molar-refractivity contribution in [2.24, 2.45) is 0 Å². The van der Waals surface area contributed by atoms with E-state index in [-0.39, 0.29) is 11.5 Å². The van der Waals surface area contributed by atoms with Crippen LogP contribution in [0.3, 0.4) is 0 Å². The summed E-state index contributed by atoms with van der Waals surface area (Å²) in [4.78, 5) is 11.1. The van der Waals surface area contributed by atoms with E-state index in [1.165, 1.54) is 0 Å². The van der Waals surface area contributed by atoms with Crippen molar-refractivity contribution in [3.63, 3.8) is 0 Å². The lowest BCUT2D eigenvalue weighted by Crippen LogP contribution is -2.40. The highest BCUT2D eigenvalue weighted by Gasteiger charge is 2.23. The first-order valence-corrected chi connectivity index (χ1v) is 4.36. The van der Waals surface area contributed by atoms with Gasteiger partial charge in [0.2, 0.25) is 0 Å². The van der Waals surface area contributed by atoms with Crippen LogP contribution >= 0.6 is 0 Å². The van der Waals surface area contributed by atoms with Gasteiger partial charge in [-0.15, -0.1) is 0 Å². The van der Waals surface area contributed by atoms with Gasteiger partial charge in [0.15, 0.2) is 11.5 Å². The summed E-state index contributed by atoms with van der Waals surface area (Å²) in [6.45, 7) is 3.12. The molecule has 0 fully saturated rings. The molecule has 0 aromatic carbocycles. The highest BCUT2D eigenvalue weighted by Crippen LogP contribution is 2.19. The van der Waals surface area contributed by atoms with E-state index in [2.05, 4.69) is 5.32 Å². The molecule has 0 atom stereocenters. The molecule has 0 saturated carbocycles. The first-order valence-electron chi connectivity index (χ1n) is 4.36. The van der Waals surface area contributed by atoms with Gasteiger partial charge in [-0.05, 0) is 26.7 Å². The maximum absolute atomic E-state index is 11.1. The summed E-state index contributed by atoms with van der Waals surface area (Å²) in [6.07, 6.45) is 1.73. The fraction of sp³-hybridized carbons (Fsp3) is 0.667. The third-order valence-electron chi connectivity index (χ3n) is 1.84. The normalized spacial score (nSPS) is 19.2. The van der Waals surface area contributed by atoms with Crippen molar-refractivity contribution in [2.75, 3.05) is 0 Å². The molecule has 74 valence electrons.